The van der Waals surface area contributed by atoms with E-state index in [2.05, 4.69) is 4.98 Å². The van der Waals surface area contributed by atoms with Gasteiger partial charge >= 0.3 is 0 Å². The van der Waals surface area contributed by atoms with Gasteiger partial charge < -0.3 is 19.2 Å². The molecule has 0 radical (unpaired) electrons. The average Bonchev–Trinajstić information content (AvgIpc) is 2.51. The minimum atomic E-state index is -0.174. The summed E-state index contributed by atoms with van der Waals surface area (Å²) in [5, 5.41) is 2.99. The van der Waals surface area contributed by atoms with E-state index >= 15 is 0 Å². The third-order valence-electron chi connectivity index (χ3n) is 3.73. The van der Waals surface area contributed by atoms with Crippen molar-refractivity contribution in [2.75, 3.05) is 21.3 Å². The molecular formula is C17H17NO4. The zero-order chi connectivity index (χ0) is 15.9. The third-order valence-corrected chi connectivity index (χ3v) is 3.73. The maximum Gasteiger partial charge on any atom is 0.259 e. The van der Waals surface area contributed by atoms with Crippen molar-refractivity contribution < 1.29 is 14.2 Å². The predicted molar refractivity (Wildman–Crippen MR) is 86.5 cm³/mol. The summed E-state index contributed by atoms with van der Waals surface area (Å²) < 4.78 is 16.3. The molecule has 0 amide bonds. The van der Waals surface area contributed by atoms with Crippen LogP contribution < -0.4 is 19.8 Å². The van der Waals surface area contributed by atoms with Crippen LogP contribution in [0.5, 0.6) is 17.2 Å². The van der Waals surface area contributed by atoms with Crippen LogP contribution in [0.3, 0.4) is 0 Å². The highest BCUT2D eigenvalue weighted by molar-refractivity contribution is 6.08. The van der Waals surface area contributed by atoms with Crippen molar-refractivity contribution in [3.05, 3.63) is 40.3 Å². The summed E-state index contributed by atoms with van der Waals surface area (Å²) in [6.45, 7) is 1.85. The molecule has 0 atom stereocenters. The van der Waals surface area contributed by atoms with E-state index in [1.165, 1.54) is 0 Å². The molecule has 1 heterocycles. The van der Waals surface area contributed by atoms with Crippen LogP contribution in [0.4, 0.5) is 0 Å². The lowest BCUT2D eigenvalue weighted by Gasteiger charge is -2.14. The van der Waals surface area contributed by atoms with Crippen LogP contribution in [0.1, 0.15) is 5.69 Å². The van der Waals surface area contributed by atoms with E-state index in [-0.39, 0.29) is 5.56 Å². The van der Waals surface area contributed by atoms with E-state index in [4.69, 9.17) is 14.2 Å². The van der Waals surface area contributed by atoms with E-state index in [9.17, 15) is 4.79 Å². The number of methoxy groups -OCH3 is 3. The number of H-pyrrole nitrogens is 1. The summed E-state index contributed by atoms with van der Waals surface area (Å²) in [5.74, 6) is 1.80. The van der Waals surface area contributed by atoms with Gasteiger partial charge in [0.15, 0.2) is 0 Å². The summed E-state index contributed by atoms with van der Waals surface area (Å²) in [6, 6.07) is 7.54. The molecular weight excluding hydrogens is 282 g/mol. The monoisotopic (exact) mass is 299 g/mol. The van der Waals surface area contributed by atoms with Gasteiger partial charge in [-0.1, -0.05) is 0 Å². The molecule has 0 aliphatic heterocycles. The van der Waals surface area contributed by atoms with Crippen LogP contribution in [0, 0.1) is 6.92 Å². The first kappa shape index (κ1) is 14.3. The van der Waals surface area contributed by atoms with Crippen LogP contribution in [0.25, 0.3) is 21.5 Å². The normalized spacial score (nSPS) is 10.9. The quantitative estimate of drug-likeness (QED) is 0.755. The molecule has 0 saturated carbocycles. The number of nitrogens with one attached hydrogen (secondary N) is 1. The molecule has 5 nitrogen and oxygen atoms in total. The number of aromatic amines is 1. The van der Waals surface area contributed by atoms with E-state index in [1.54, 1.807) is 27.4 Å². The van der Waals surface area contributed by atoms with E-state index < -0.39 is 0 Å². The fourth-order valence-corrected chi connectivity index (χ4v) is 2.81. The molecule has 3 aromatic rings. The Bertz CT molecular complexity index is 927. The van der Waals surface area contributed by atoms with Gasteiger partial charge in [-0.15, -0.1) is 0 Å². The highest BCUT2D eigenvalue weighted by Gasteiger charge is 2.17. The molecule has 5 heteroatoms. The van der Waals surface area contributed by atoms with Gasteiger partial charge in [0.05, 0.1) is 32.1 Å². The van der Waals surface area contributed by atoms with Gasteiger partial charge in [-0.2, -0.15) is 0 Å². The number of ether oxygens (including phenoxy) is 3. The van der Waals surface area contributed by atoms with Crippen LogP contribution in [0.2, 0.25) is 0 Å². The maximum absolute atomic E-state index is 12.3. The largest absolute Gasteiger partial charge is 0.497 e. The van der Waals surface area contributed by atoms with Crippen molar-refractivity contribution in [3.63, 3.8) is 0 Å². The second-order valence-corrected chi connectivity index (χ2v) is 5.08. The fourth-order valence-electron chi connectivity index (χ4n) is 2.81. The van der Waals surface area contributed by atoms with Crippen molar-refractivity contribution in [1.29, 1.82) is 0 Å². The van der Waals surface area contributed by atoms with Crippen LogP contribution in [-0.2, 0) is 0 Å². The molecule has 1 N–H and O–H groups in total. The molecule has 0 saturated heterocycles. The van der Waals surface area contributed by atoms with E-state index in [1.807, 2.05) is 25.1 Å². The molecule has 0 bridgehead atoms. The van der Waals surface area contributed by atoms with Crippen LogP contribution >= 0.6 is 0 Å². The molecule has 0 unspecified atom stereocenters. The Kier molecular flexibility index (Phi) is 3.41. The average molecular weight is 299 g/mol. The van der Waals surface area contributed by atoms with Crippen molar-refractivity contribution in [2.45, 2.75) is 6.92 Å². The lowest BCUT2D eigenvalue weighted by Crippen LogP contribution is -2.09. The fraction of sp³-hybridized carbons (Fsp3) is 0.235. The smallest absolute Gasteiger partial charge is 0.259 e. The number of pyridine rings is 1. The SMILES string of the molecule is COc1cc(OC)c2c(OC)c3c(=O)[nH]c(C)cc3cc2c1. The van der Waals surface area contributed by atoms with Crippen molar-refractivity contribution in [2.24, 2.45) is 0 Å². The van der Waals surface area contributed by atoms with Gasteiger partial charge in [0.2, 0.25) is 0 Å². The Balaban J connectivity index is 2.58. The highest BCUT2D eigenvalue weighted by Crippen LogP contribution is 2.41. The topological polar surface area (TPSA) is 60.6 Å². The van der Waals surface area contributed by atoms with Gasteiger partial charge in [-0.3, -0.25) is 4.79 Å². The Labute approximate surface area is 127 Å². The molecule has 0 fully saturated rings. The van der Waals surface area contributed by atoms with Crippen LogP contribution in [0.15, 0.2) is 29.1 Å². The third kappa shape index (κ3) is 2.06. The van der Waals surface area contributed by atoms with Gasteiger partial charge in [0, 0.05) is 11.8 Å². The molecule has 1 aromatic heterocycles. The zero-order valence-corrected chi connectivity index (χ0v) is 12.9. The van der Waals surface area contributed by atoms with Crippen molar-refractivity contribution in [1.82, 2.24) is 4.98 Å². The first-order valence-electron chi connectivity index (χ1n) is 6.85. The van der Waals surface area contributed by atoms with Crippen molar-refractivity contribution in [3.8, 4) is 17.2 Å². The number of hydrogen-bond donors (Lipinski definition) is 1. The van der Waals surface area contributed by atoms with Gasteiger partial charge in [0.25, 0.3) is 5.56 Å². The Morgan fingerprint density at radius 1 is 0.864 bits per heavy atom. The molecule has 114 valence electrons. The minimum Gasteiger partial charge on any atom is -0.497 e. The summed E-state index contributed by atoms with van der Waals surface area (Å²) in [5.41, 5.74) is 0.625. The number of hydrogen-bond acceptors (Lipinski definition) is 4. The molecule has 2 aromatic carbocycles. The summed E-state index contributed by atoms with van der Waals surface area (Å²) in [6.07, 6.45) is 0. The molecule has 22 heavy (non-hydrogen) atoms. The summed E-state index contributed by atoms with van der Waals surface area (Å²) >= 11 is 0. The zero-order valence-electron chi connectivity index (χ0n) is 12.9. The van der Waals surface area contributed by atoms with Crippen molar-refractivity contribution >= 4 is 21.5 Å². The first-order chi connectivity index (χ1) is 10.6. The Morgan fingerprint density at radius 3 is 2.23 bits per heavy atom. The standard InChI is InChI=1S/C17H17NO4/c1-9-5-10-6-11-7-12(20-2)8-13(21-3)14(11)16(22-4)15(10)17(19)18-9/h5-8H,1-4H3,(H,18,19). The predicted octanol–water partition coefficient (Wildman–Crippen LogP) is 3.02. The van der Waals surface area contributed by atoms with Gasteiger partial charge in [-0.05, 0) is 35.9 Å². The number of aryl methyl sites for hydroxylation is 1. The van der Waals surface area contributed by atoms with Gasteiger partial charge in [0.1, 0.15) is 17.2 Å². The number of rotatable bonds is 3. The summed E-state index contributed by atoms with van der Waals surface area (Å²) in [7, 11) is 4.74. The van der Waals surface area contributed by atoms with E-state index in [0.717, 1.165) is 21.9 Å². The Morgan fingerprint density at radius 2 is 1.59 bits per heavy atom. The lowest BCUT2D eigenvalue weighted by molar-refractivity contribution is 0.394. The second kappa shape index (κ2) is 5.26. The number of fused-ring (bicyclic) bond motifs is 2. The highest BCUT2D eigenvalue weighted by atomic mass is 16.5. The van der Waals surface area contributed by atoms with Crippen LogP contribution in [-0.4, -0.2) is 26.3 Å². The minimum absolute atomic E-state index is 0.174. The molecule has 3 rings (SSSR count). The molecule has 0 aliphatic rings. The van der Waals surface area contributed by atoms with E-state index in [0.29, 0.717) is 22.6 Å². The molecule has 0 spiro atoms. The molecule has 0 aliphatic carbocycles. The number of benzene rings is 2. The van der Waals surface area contributed by atoms with Gasteiger partial charge in [-0.25, -0.2) is 0 Å². The maximum atomic E-state index is 12.3. The Hall–Kier alpha value is -2.69. The second-order valence-electron chi connectivity index (χ2n) is 5.08. The number of aromatic nitrogens is 1. The first-order valence-corrected chi connectivity index (χ1v) is 6.85. The summed E-state index contributed by atoms with van der Waals surface area (Å²) in [4.78, 5) is 15.2. The lowest BCUT2D eigenvalue weighted by atomic mass is 10.0.